The van der Waals surface area contributed by atoms with E-state index >= 15 is 0 Å². The van der Waals surface area contributed by atoms with Gasteiger partial charge in [-0.25, -0.2) is 0 Å². The fourth-order valence-electron chi connectivity index (χ4n) is 1.30. The van der Waals surface area contributed by atoms with E-state index in [4.69, 9.17) is 0 Å². The molecule has 0 unspecified atom stereocenters. The van der Waals surface area contributed by atoms with Gasteiger partial charge in [0.1, 0.15) is 0 Å². The van der Waals surface area contributed by atoms with E-state index < -0.39 is 0 Å². The molecule has 0 aromatic heterocycles. The van der Waals surface area contributed by atoms with Crippen molar-refractivity contribution in [3.63, 3.8) is 0 Å². The molecule has 0 heterocycles. The SMILES string of the molecule is C=CC(=C)c1ccc(C(C)(C)C)cc1. The largest absolute Gasteiger partial charge is 0.0985 e. The van der Waals surface area contributed by atoms with Crippen LogP contribution in [0.4, 0.5) is 0 Å². The van der Waals surface area contributed by atoms with E-state index in [9.17, 15) is 0 Å². The summed E-state index contributed by atoms with van der Waals surface area (Å²) in [5, 5.41) is 0. The third-order valence-corrected chi connectivity index (χ3v) is 2.37. The van der Waals surface area contributed by atoms with Crippen LogP contribution < -0.4 is 0 Å². The Morgan fingerprint density at radius 1 is 1.14 bits per heavy atom. The van der Waals surface area contributed by atoms with E-state index in [1.165, 1.54) is 5.56 Å². The Bertz CT molecular complexity index is 333. The highest BCUT2D eigenvalue weighted by Gasteiger charge is 2.12. The van der Waals surface area contributed by atoms with Gasteiger partial charge in [0.15, 0.2) is 0 Å². The molecule has 0 radical (unpaired) electrons. The average Bonchev–Trinajstić information content (AvgIpc) is 2.15. The zero-order chi connectivity index (χ0) is 10.8. The first-order valence-corrected chi connectivity index (χ1v) is 4.87. The van der Waals surface area contributed by atoms with Crippen molar-refractivity contribution in [3.8, 4) is 0 Å². The Balaban J connectivity index is 3.00. The van der Waals surface area contributed by atoms with Crippen molar-refractivity contribution >= 4 is 5.57 Å². The molecule has 0 heteroatoms. The summed E-state index contributed by atoms with van der Waals surface area (Å²) in [5.41, 5.74) is 3.69. The van der Waals surface area contributed by atoms with Gasteiger partial charge in [-0.3, -0.25) is 0 Å². The molecule has 0 atom stereocenters. The molecule has 74 valence electrons. The fourth-order valence-corrected chi connectivity index (χ4v) is 1.30. The molecule has 14 heavy (non-hydrogen) atoms. The first-order valence-electron chi connectivity index (χ1n) is 4.87. The fraction of sp³-hybridized carbons (Fsp3) is 0.286. The predicted molar refractivity (Wildman–Crippen MR) is 64.4 cm³/mol. The van der Waals surface area contributed by atoms with Crippen molar-refractivity contribution in [1.82, 2.24) is 0 Å². The number of hydrogen-bond acceptors (Lipinski definition) is 0. The second kappa shape index (κ2) is 3.83. The monoisotopic (exact) mass is 186 g/mol. The maximum atomic E-state index is 3.92. The molecular formula is C14H18. The molecule has 0 nitrogen and oxygen atoms in total. The van der Waals surface area contributed by atoms with Crippen molar-refractivity contribution in [2.24, 2.45) is 0 Å². The standard InChI is InChI=1S/C14H18/c1-6-11(2)12-7-9-13(10-8-12)14(3,4)5/h6-10H,1-2H2,3-5H3. The van der Waals surface area contributed by atoms with Gasteiger partial charge < -0.3 is 0 Å². The maximum Gasteiger partial charge on any atom is -0.0132 e. The quantitative estimate of drug-likeness (QED) is 0.608. The van der Waals surface area contributed by atoms with Crippen LogP contribution in [0.25, 0.3) is 5.57 Å². The lowest BCUT2D eigenvalue weighted by molar-refractivity contribution is 0.590. The molecule has 0 spiro atoms. The molecule has 0 bridgehead atoms. The minimum atomic E-state index is 0.216. The van der Waals surface area contributed by atoms with E-state index in [-0.39, 0.29) is 5.41 Å². The smallest absolute Gasteiger partial charge is 0.0132 e. The first-order chi connectivity index (χ1) is 6.45. The Kier molecular flexibility index (Phi) is 2.95. The number of benzene rings is 1. The van der Waals surface area contributed by atoms with Crippen LogP contribution in [0.2, 0.25) is 0 Å². The van der Waals surface area contributed by atoms with Crippen molar-refractivity contribution < 1.29 is 0 Å². The van der Waals surface area contributed by atoms with E-state index in [2.05, 4.69) is 58.2 Å². The number of hydrogen-bond donors (Lipinski definition) is 0. The predicted octanol–water partition coefficient (Wildman–Crippen LogP) is 4.18. The van der Waals surface area contributed by atoms with Crippen LogP contribution in [-0.4, -0.2) is 0 Å². The molecular weight excluding hydrogens is 168 g/mol. The lowest BCUT2D eigenvalue weighted by atomic mass is 9.86. The van der Waals surface area contributed by atoms with E-state index in [1.54, 1.807) is 6.08 Å². The van der Waals surface area contributed by atoms with Gasteiger partial charge in [0.05, 0.1) is 0 Å². The van der Waals surface area contributed by atoms with Gasteiger partial charge in [0, 0.05) is 0 Å². The van der Waals surface area contributed by atoms with E-state index in [0.717, 1.165) is 11.1 Å². The first kappa shape index (κ1) is 10.8. The lowest BCUT2D eigenvalue weighted by Crippen LogP contribution is -2.10. The average molecular weight is 186 g/mol. The summed E-state index contributed by atoms with van der Waals surface area (Å²) in [7, 11) is 0. The maximum absolute atomic E-state index is 3.92. The highest BCUT2D eigenvalue weighted by molar-refractivity contribution is 5.71. The summed E-state index contributed by atoms with van der Waals surface area (Å²) >= 11 is 0. The van der Waals surface area contributed by atoms with Gasteiger partial charge >= 0.3 is 0 Å². The molecule has 0 saturated heterocycles. The van der Waals surface area contributed by atoms with Gasteiger partial charge in [0.25, 0.3) is 0 Å². The third kappa shape index (κ3) is 2.35. The van der Waals surface area contributed by atoms with Crippen LogP contribution in [0.1, 0.15) is 31.9 Å². The molecule has 0 fully saturated rings. The van der Waals surface area contributed by atoms with Gasteiger partial charge in [0.2, 0.25) is 0 Å². The highest BCUT2D eigenvalue weighted by Crippen LogP contribution is 2.23. The lowest BCUT2D eigenvalue weighted by Gasteiger charge is -2.19. The van der Waals surface area contributed by atoms with Crippen LogP contribution in [0.3, 0.4) is 0 Å². The second-order valence-corrected chi connectivity index (χ2v) is 4.56. The summed E-state index contributed by atoms with van der Waals surface area (Å²) in [6, 6.07) is 8.52. The summed E-state index contributed by atoms with van der Waals surface area (Å²) in [6.45, 7) is 14.3. The van der Waals surface area contributed by atoms with Gasteiger partial charge in [-0.1, -0.05) is 64.3 Å². The van der Waals surface area contributed by atoms with Crippen molar-refractivity contribution in [3.05, 3.63) is 54.6 Å². The minimum Gasteiger partial charge on any atom is -0.0985 e. The van der Waals surface area contributed by atoms with Gasteiger partial charge in [-0.05, 0) is 22.1 Å². The molecule has 1 aromatic rings. The van der Waals surface area contributed by atoms with Crippen LogP contribution >= 0.6 is 0 Å². The zero-order valence-electron chi connectivity index (χ0n) is 9.30. The van der Waals surface area contributed by atoms with Crippen LogP contribution in [0.5, 0.6) is 0 Å². The summed E-state index contributed by atoms with van der Waals surface area (Å²) in [6.07, 6.45) is 1.78. The summed E-state index contributed by atoms with van der Waals surface area (Å²) in [4.78, 5) is 0. The molecule has 0 amide bonds. The molecule has 1 aromatic carbocycles. The van der Waals surface area contributed by atoms with E-state index in [1.807, 2.05) is 0 Å². The van der Waals surface area contributed by atoms with Crippen molar-refractivity contribution in [2.75, 3.05) is 0 Å². The van der Waals surface area contributed by atoms with Crippen LogP contribution in [0.15, 0.2) is 43.5 Å². The number of allylic oxidation sites excluding steroid dienone is 2. The van der Waals surface area contributed by atoms with Crippen molar-refractivity contribution in [2.45, 2.75) is 26.2 Å². The Morgan fingerprint density at radius 3 is 2.00 bits per heavy atom. The van der Waals surface area contributed by atoms with Gasteiger partial charge in [-0.2, -0.15) is 0 Å². The normalized spacial score (nSPS) is 11.1. The van der Waals surface area contributed by atoms with Gasteiger partial charge in [-0.15, -0.1) is 0 Å². The summed E-state index contributed by atoms with van der Waals surface area (Å²) < 4.78 is 0. The Labute approximate surface area is 87.0 Å². The van der Waals surface area contributed by atoms with E-state index in [0.29, 0.717) is 0 Å². The molecule has 1 rings (SSSR count). The van der Waals surface area contributed by atoms with Crippen LogP contribution in [-0.2, 0) is 5.41 Å². The third-order valence-electron chi connectivity index (χ3n) is 2.37. The molecule has 0 N–H and O–H groups in total. The van der Waals surface area contributed by atoms with Crippen LogP contribution in [0, 0.1) is 0 Å². The number of rotatable bonds is 2. The highest BCUT2D eigenvalue weighted by atomic mass is 14.2. The Morgan fingerprint density at radius 2 is 1.64 bits per heavy atom. The summed E-state index contributed by atoms with van der Waals surface area (Å²) in [5.74, 6) is 0. The molecule has 0 aliphatic carbocycles. The minimum absolute atomic E-state index is 0.216. The molecule has 0 aliphatic heterocycles. The zero-order valence-corrected chi connectivity index (χ0v) is 9.30. The Hall–Kier alpha value is -1.30. The van der Waals surface area contributed by atoms with Crippen molar-refractivity contribution in [1.29, 1.82) is 0 Å². The topological polar surface area (TPSA) is 0 Å². The second-order valence-electron chi connectivity index (χ2n) is 4.56. The molecule has 0 saturated carbocycles. The molecule has 0 aliphatic rings.